The lowest BCUT2D eigenvalue weighted by molar-refractivity contribution is 0.170. The molecule has 1 aromatic heterocycles. The van der Waals surface area contributed by atoms with E-state index in [4.69, 9.17) is 5.14 Å². The van der Waals surface area contributed by atoms with E-state index in [9.17, 15) is 13.2 Å². The zero-order valence-electron chi connectivity index (χ0n) is 14.6. The van der Waals surface area contributed by atoms with E-state index >= 15 is 0 Å². The molecule has 8 nitrogen and oxygen atoms in total. The predicted octanol–water partition coefficient (Wildman–Crippen LogP) is 1.78. The largest absolute Gasteiger partial charge is 0.337 e. The lowest BCUT2D eigenvalue weighted by atomic mass is 9.98. The Balaban J connectivity index is 1.67. The van der Waals surface area contributed by atoms with Crippen molar-refractivity contribution in [3.63, 3.8) is 0 Å². The molecule has 1 saturated heterocycles. The van der Waals surface area contributed by atoms with Crippen molar-refractivity contribution < 1.29 is 13.2 Å². The molecule has 2 amide bonds. The minimum absolute atomic E-state index is 0.0185. The number of nitrogens with one attached hydrogen (secondary N) is 1. The lowest BCUT2D eigenvalue weighted by Crippen LogP contribution is -2.43. The predicted molar refractivity (Wildman–Crippen MR) is 98.1 cm³/mol. The van der Waals surface area contributed by atoms with Crippen LogP contribution in [-0.4, -0.2) is 42.0 Å². The van der Waals surface area contributed by atoms with Gasteiger partial charge in [0.15, 0.2) is 0 Å². The van der Waals surface area contributed by atoms with Crippen LogP contribution >= 0.6 is 0 Å². The molecule has 1 aliphatic heterocycles. The highest BCUT2D eigenvalue weighted by atomic mass is 32.2. The van der Waals surface area contributed by atoms with Crippen LogP contribution < -0.4 is 10.5 Å². The number of primary sulfonamides is 1. The highest BCUT2D eigenvalue weighted by molar-refractivity contribution is 7.89. The van der Waals surface area contributed by atoms with Crippen molar-refractivity contribution in [3.05, 3.63) is 42.5 Å². The third-order valence-electron chi connectivity index (χ3n) is 4.61. The summed E-state index contributed by atoms with van der Waals surface area (Å²) < 4.78 is 25.1. The van der Waals surface area contributed by atoms with E-state index in [0.29, 0.717) is 24.7 Å². The van der Waals surface area contributed by atoms with Crippen LogP contribution in [0.4, 0.5) is 10.5 Å². The minimum atomic E-state index is -3.81. The highest BCUT2D eigenvalue weighted by Crippen LogP contribution is 2.22. The summed E-state index contributed by atoms with van der Waals surface area (Å²) in [5, 5.41) is 7.99. The number of amides is 2. The van der Waals surface area contributed by atoms with Gasteiger partial charge in [0.1, 0.15) is 0 Å². The first-order chi connectivity index (χ1) is 12.3. The molecule has 0 radical (unpaired) electrons. The monoisotopic (exact) mass is 377 g/mol. The second kappa shape index (κ2) is 7.46. The average molecular weight is 377 g/mol. The molecule has 1 aromatic carbocycles. The van der Waals surface area contributed by atoms with Crippen molar-refractivity contribution in [2.24, 2.45) is 11.1 Å². The molecule has 0 saturated carbocycles. The number of rotatable bonds is 4. The zero-order valence-corrected chi connectivity index (χ0v) is 15.4. The number of piperidine rings is 1. The van der Waals surface area contributed by atoms with Crippen LogP contribution in [0.25, 0.3) is 0 Å². The standard InChI is InChI=1S/C17H23N5O3S/c1-13-4-5-15(26(18,24)25)9-16(13)20-17(23)22-7-2-3-14(11-22)10-21-8-6-19-12-21/h4-6,8-9,12,14H,2-3,7,10-11H2,1H3,(H,20,23)(H2,18,24,25)/t14-/m1/s1. The summed E-state index contributed by atoms with van der Waals surface area (Å²) in [5.41, 5.74) is 1.23. The van der Waals surface area contributed by atoms with Crippen molar-refractivity contribution in [2.75, 3.05) is 18.4 Å². The number of nitrogens with two attached hydrogens (primary N) is 1. The van der Waals surface area contributed by atoms with E-state index < -0.39 is 10.0 Å². The van der Waals surface area contributed by atoms with Gasteiger partial charge >= 0.3 is 6.03 Å². The third-order valence-corrected chi connectivity index (χ3v) is 5.52. The van der Waals surface area contributed by atoms with E-state index in [2.05, 4.69) is 10.3 Å². The average Bonchev–Trinajstić information content (AvgIpc) is 3.09. The van der Waals surface area contributed by atoms with Gasteiger partial charge in [0, 0.05) is 37.7 Å². The fourth-order valence-corrected chi connectivity index (χ4v) is 3.74. The second-order valence-corrected chi connectivity index (χ2v) is 8.23. The van der Waals surface area contributed by atoms with E-state index in [-0.39, 0.29) is 10.9 Å². The van der Waals surface area contributed by atoms with Gasteiger partial charge in [-0.25, -0.2) is 23.3 Å². The summed E-state index contributed by atoms with van der Waals surface area (Å²) in [5.74, 6) is 0.362. The van der Waals surface area contributed by atoms with Gasteiger partial charge < -0.3 is 14.8 Å². The number of hydrogen-bond donors (Lipinski definition) is 2. The number of imidazole rings is 1. The molecular formula is C17H23N5O3S. The van der Waals surface area contributed by atoms with Crippen molar-refractivity contribution in [3.8, 4) is 0 Å². The van der Waals surface area contributed by atoms with E-state index in [1.54, 1.807) is 30.4 Å². The zero-order chi connectivity index (χ0) is 18.7. The number of carbonyl (C=O) groups is 1. The smallest absolute Gasteiger partial charge is 0.321 e. The van der Waals surface area contributed by atoms with Gasteiger partial charge in [-0.15, -0.1) is 0 Å². The Labute approximate surface area is 153 Å². The van der Waals surface area contributed by atoms with Crippen LogP contribution in [0.3, 0.4) is 0 Å². The SMILES string of the molecule is Cc1ccc(S(N)(=O)=O)cc1NC(=O)N1CCC[C@H](Cn2ccnc2)C1. The number of aryl methyl sites for hydroxylation is 1. The Kier molecular flexibility index (Phi) is 5.28. The number of nitrogens with zero attached hydrogens (tertiary/aromatic N) is 3. The van der Waals surface area contributed by atoms with Crippen molar-refractivity contribution in [2.45, 2.75) is 31.2 Å². The van der Waals surface area contributed by atoms with E-state index in [1.165, 1.54) is 12.1 Å². The van der Waals surface area contributed by atoms with E-state index in [0.717, 1.165) is 24.9 Å². The first kappa shape index (κ1) is 18.4. The van der Waals surface area contributed by atoms with Crippen LogP contribution in [0.5, 0.6) is 0 Å². The quantitative estimate of drug-likeness (QED) is 0.846. The van der Waals surface area contributed by atoms with Gasteiger partial charge in [0.2, 0.25) is 10.0 Å². The van der Waals surface area contributed by atoms with Crippen molar-refractivity contribution in [1.29, 1.82) is 0 Å². The molecule has 0 spiro atoms. The lowest BCUT2D eigenvalue weighted by Gasteiger charge is -2.33. The normalized spacial score (nSPS) is 17.9. The maximum Gasteiger partial charge on any atom is 0.321 e. The fourth-order valence-electron chi connectivity index (χ4n) is 3.20. The van der Waals surface area contributed by atoms with Crippen LogP contribution in [0.1, 0.15) is 18.4 Å². The molecule has 0 aliphatic carbocycles. The molecule has 1 aliphatic rings. The molecule has 0 unspecified atom stereocenters. The third kappa shape index (κ3) is 4.41. The van der Waals surface area contributed by atoms with Crippen molar-refractivity contribution in [1.82, 2.24) is 14.5 Å². The van der Waals surface area contributed by atoms with Gasteiger partial charge in [-0.3, -0.25) is 0 Å². The number of carbonyl (C=O) groups excluding carboxylic acids is 1. The number of hydrogen-bond acceptors (Lipinski definition) is 4. The maximum absolute atomic E-state index is 12.6. The van der Waals surface area contributed by atoms with Crippen LogP contribution in [0, 0.1) is 12.8 Å². The van der Waals surface area contributed by atoms with Gasteiger partial charge in [0.05, 0.1) is 11.2 Å². The maximum atomic E-state index is 12.6. The Morgan fingerprint density at radius 3 is 2.92 bits per heavy atom. The van der Waals surface area contributed by atoms with Gasteiger partial charge in [-0.05, 0) is 43.4 Å². The number of anilines is 1. The molecule has 0 bridgehead atoms. The van der Waals surface area contributed by atoms with Crippen LogP contribution in [0.2, 0.25) is 0 Å². The number of benzene rings is 1. The highest BCUT2D eigenvalue weighted by Gasteiger charge is 2.24. The number of aromatic nitrogens is 2. The first-order valence-corrected chi connectivity index (χ1v) is 10.0. The summed E-state index contributed by atoms with van der Waals surface area (Å²) in [6.07, 6.45) is 7.43. The molecule has 3 rings (SSSR count). The molecule has 1 atom stereocenters. The van der Waals surface area contributed by atoms with Crippen LogP contribution in [0.15, 0.2) is 41.8 Å². The minimum Gasteiger partial charge on any atom is -0.337 e. The second-order valence-electron chi connectivity index (χ2n) is 6.67. The summed E-state index contributed by atoms with van der Waals surface area (Å²) in [6.45, 7) is 3.96. The van der Waals surface area contributed by atoms with Gasteiger partial charge in [0.25, 0.3) is 0 Å². The van der Waals surface area contributed by atoms with Crippen LogP contribution in [-0.2, 0) is 16.6 Å². The topological polar surface area (TPSA) is 110 Å². The van der Waals surface area contributed by atoms with E-state index in [1.807, 2.05) is 10.8 Å². The number of likely N-dealkylation sites (tertiary alicyclic amines) is 1. The molecule has 9 heteroatoms. The molecule has 2 aromatic rings. The molecule has 26 heavy (non-hydrogen) atoms. The summed E-state index contributed by atoms with van der Waals surface area (Å²) in [6, 6.07) is 4.24. The fraction of sp³-hybridized carbons (Fsp3) is 0.412. The molecule has 140 valence electrons. The Bertz CT molecular complexity index is 880. The number of urea groups is 1. The number of sulfonamides is 1. The molecular weight excluding hydrogens is 354 g/mol. The Hall–Kier alpha value is -2.39. The Morgan fingerprint density at radius 2 is 2.23 bits per heavy atom. The molecule has 2 heterocycles. The molecule has 3 N–H and O–H groups in total. The summed E-state index contributed by atoms with van der Waals surface area (Å²) >= 11 is 0. The summed E-state index contributed by atoms with van der Waals surface area (Å²) in [4.78, 5) is 18.4. The first-order valence-electron chi connectivity index (χ1n) is 8.48. The molecule has 1 fully saturated rings. The Morgan fingerprint density at radius 1 is 1.42 bits per heavy atom. The van der Waals surface area contributed by atoms with Gasteiger partial charge in [-0.2, -0.15) is 0 Å². The van der Waals surface area contributed by atoms with Gasteiger partial charge in [-0.1, -0.05) is 6.07 Å². The summed E-state index contributed by atoms with van der Waals surface area (Å²) in [7, 11) is -3.81. The van der Waals surface area contributed by atoms with Crippen molar-refractivity contribution >= 4 is 21.7 Å².